The SMILES string of the molecule is COC1OC2COC(c3ccccc3)OC2=CC1NC(=O)c1ccccc1. The molecule has 0 bridgehead atoms. The highest BCUT2D eigenvalue weighted by Crippen LogP contribution is 2.33. The molecule has 6 nitrogen and oxygen atoms in total. The van der Waals surface area contributed by atoms with Crippen molar-refractivity contribution in [3.63, 3.8) is 0 Å². The van der Waals surface area contributed by atoms with Crippen molar-refractivity contribution < 1.29 is 23.7 Å². The fourth-order valence-electron chi connectivity index (χ4n) is 3.16. The van der Waals surface area contributed by atoms with Gasteiger partial charge in [-0.05, 0) is 18.2 Å². The number of ether oxygens (including phenoxy) is 4. The van der Waals surface area contributed by atoms with Gasteiger partial charge in [0.15, 0.2) is 6.29 Å². The van der Waals surface area contributed by atoms with Crippen molar-refractivity contribution in [1.82, 2.24) is 5.32 Å². The summed E-state index contributed by atoms with van der Waals surface area (Å²) in [4.78, 5) is 12.5. The quantitative estimate of drug-likeness (QED) is 0.900. The summed E-state index contributed by atoms with van der Waals surface area (Å²) in [5.74, 6) is 0.440. The fourth-order valence-corrected chi connectivity index (χ4v) is 3.16. The molecule has 0 radical (unpaired) electrons. The van der Waals surface area contributed by atoms with Crippen LogP contribution in [-0.2, 0) is 18.9 Å². The van der Waals surface area contributed by atoms with Crippen LogP contribution in [0.15, 0.2) is 72.5 Å². The van der Waals surface area contributed by atoms with Gasteiger partial charge < -0.3 is 24.3 Å². The highest BCUT2D eigenvalue weighted by atomic mass is 16.7. The molecule has 6 heteroatoms. The van der Waals surface area contributed by atoms with Crippen LogP contribution in [0.3, 0.4) is 0 Å². The van der Waals surface area contributed by atoms with E-state index in [0.29, 0.717) is 17.9 Å². The summed E-state index contributed by atoms with van der Waals surface area (Å²) >= 11 is 0. The van der Waals surface area contributed by atoms with Gasteiger partial charge in [-0.15, -0.1) is 0 Å². The van der Waals surface area contributed by atoms with Crippen LogP contribution >= 0.6 is 0 Å². The molecule has 2 aliphatic rings. The predicted octanol–water partition coefficient (Wildman–Crippen LogP) is 2.79. The average Bonchev–Trinajstić information content (AvgIpc) is 2.74. The second-order valence-electron chi connectivity index (χ2n) is 6.36. The molecule has 2 heterocycles. The molecule has 2 aliphatic heterocycles. The number of fused-ring (bicyclic) bond motifs is 1. The molecule has 4 atom stereocenters. The lowest BCUT2D eigenvalue weighted by atomic mass is 10.1. The second kappa shape index (κ2) is 7.92. The third-order valence-corrected chi connectivity index (χ3v) is 4.53. The fraction of sp³-hybridized carbons (Fsp3) is 0.286. The first kappa shape index (κ1) is 17.7. The Morgan fingerprint density at radius 1 is 1.07 bits per heavy atom. The highest BCUT2D eigenvalue weighted by molar-refractivity contribution is 5.94. The van der Waals surface area contributed by atoms with E-state index in [0.717, 1.165) is 5.56 Å². The maximum absolute atomic E-state index is 12.5. The van der Waals surface area contributed by atoms with E-state index >= 15 is 0 Å². The van der Waals surface area contributed by atoms with Crippen LogP contribution in [0.5, 0.6) is 0 Å². The smallest absolute Gasteiger partial charge is 0.251 e. The first-order valence-electron chi connectivity index (χ1n) is 8.83. The normalized spacial score (nSPS) is 27.1. The number of hydrogen-bond acceptors (Lipinski definition) is 5. The van der Waals surface area contributed by atoms with Crippen molar-refractivity contribution in [1.29, 1.82) is 0 Å². The van der Waals surface area contributed by atoms with Crippen molar-refractivity contribution in [2.45, 2.75) is 24.7 Å². The first-order valence-corrected chi connectivity index (χ1v) is 8.83. The Kier molecular flexibility index (Phi) is 5.20. The number of methoxy groups -OCH3 is 1. The molecule has 1 N–H and O–H groups in total. The lowest BCUT2D eigenvalue weighted by Gasteiger charge is -2.39. The van der Waals surface area contributed by atoms with Gasteiger partial charge in [0.25, 0.3) is 5.91 Å². The number of benzene rings is 2. The van der Waals surface area contributed by atoms with Crippen molar-refractivity contribution in [3.05, 3.63) is 83.6 Å². The number of carbonyl (C=O) groups is 1. The molecule has 4 rings (SSSR count). The monoisotopic (exact) mass is 367 g/mol. The molecule has 27 heavy (non-hydrogen) atoms. The van der Waals surface area contributed by atoms with Crippen molar-refractivity contribution in [2.24, 2.45) is 0 Å². The Hall–Kier alpha value is -2.67. The summed E-state index contributed by atoms with van der Waals surface area (Å²) < 4.78 is 23.1. The summed E-state index contributed by atoms with van der Waals surface area (Å²) in [5.41, 5.74) is 1.50. The summed E-state index contributed by atoms with van der Waals surface area (Å²) in [6, 6.07) is 18.3. The van der Waals surface area contributed by atoms with Crippen LogP contribution < -0.4 is 5.32 Å². The molecule has 0 aromatic heterocycles. The maximum atomic E-state index is 12.5. The van der Waals surface area contributed by atoms with Gasteiger partial charge in [-0.2, -0.15) is 0 Å². The topological polar surface area (TPSA) is 66.0 Å². The van der Waals surface area contributed by atoms with Crippen molar-refractivity contribution in [3.8, 4) is 0 Å². The molecule has 2 aromatic carbocycles. The van der Waals surface area contributed by atoms with Gasteiger partial charge in [0, 0.05) is 18.2 Å². The molecule has 1 fully saturated rings. The van der Waals surface area contributed by atoms with Crippen LogP contribution in [-0.4, -0.2) is 38.1 Å². The first-order chi connectivity index (χ1) is 13.2. The van der Waals surface area contributed by atoms with Crippen molar-refractivity contribution >= 4 is 5.91 Å². The molecule has 140 valence electrons. The summed E-state index contributed by atoms with van der Waals surface area (Å²) in [6.45, 7) is 0.352. The van der Waals surface area contributed by atoms with E-state index in [1.165, 1.54) is 0 Å². The number of carbonyl (C=O) groups excluding carboxylic acids is 1. The van der Waals surface area contributed by atoms with E-state index in [-0.39, 0.29) is 12.0 Å². The van der Waals surface area contributed by atoms with Gasteiger partial charge in [0.05, 0.1) is 6.61 Å². The zero-order chi connectivity index (χ0) is 18.6. The molecular weight excluding hydrogens is 346 g/mol. The van der Waals surface area contributed by atoms with Gasteiger partial charge in [-0.1, -0.05) is 48.5 Å². The number of nitrogens with one attached hydrogen (secondary N) is 1. The molecule has 4 unspecified atom stereocenters. The van der Waals surface area contributed by atoms with Gasteiger partial charge in [-0.3, -0.25) is 4.79 Å². The van der Waals surface area contributed by atoms with Gasteiger partial charge in [0.1, 0.15) is 17.9 Å². The molecule has 0 aliphatic carbocycles. The summed E-state index contributed by atoms with van der Waals surface area (Å²) in [6.07, 6.45) is 0.371. The number of amides is 1. The van der Waals surface area contributed by atoms with E-state index < -0.39 is 18.6 Å². The van der Waals surface area contributed by atoms with Crippen LogP contribution in [0.1, 0.15) is 22.2 Å². The summed E-state index contributed by atoms with van der Waals surface area (Å²) in [5, 5.41) is 2.94. The number of hydrogen-bond donors (Lipinski definition) is 1. The Bertz CT molecular complexity index is 808. The Labute approximate surface area is 157 Å². The minimum atomic E-state index is -0.619. The number of rotatable bonds is 4. The Morgan fingerprint density at radius 2 is 1.78 bits per heavy atom. The van der Waals surface area contributed by atoms with E-state index in [9.17, 15) is 4.79 Å². The predicted molar refractivity (Wildman–Crippen MR) is 97.7 cm³/mol. The van der Waals surface area contributed by atoms with Crippen LogP contribution in [0, 0.1) is 0 Å². The maximum Gasteiger partial charge on any atom is 0.251 e. The highest BCUT2D eigenvalue weighted by Gasteiger charge is 2.38. The van der Waals surface area contributed by atoms with Crippen LogP contribution in [0.2, 0.25) is 0 Å². The zero-order valence-corrected chi connectivity index (χ0v) is 14.9. The third kappa shape index (κ3) is 3.88. The van der Waals surface area contributed by atoms with Gasteiger partial charge >= 0.3 is 0 Å². The van der Waals surface area contributed by atoms with E-state index in [1.807, 2.05) is 54.6 Å². The van der Waals surface area contributed by atoms with Crippen LogP contribution in [0.4, 0.5) is 0 Å². The molecule has 0 spiro atoms. The van der Waals surface area contributed by atoms with Crippen molar-refractivity contribution in [2.75, 3.05) is 13.7 Å². The average molecular weight is 367 g/mol. The Morgan fingerprint density at radius 3 is 2.48 bits per heavy atom. The van der Waals surface area contributed by atoms with E-state index in [1.54, 1.807) is 19.2 Å². The van der Waals surface area contributed by atoms with Gasteiger partial charge in [-0.25, -0.2) is 0 Å². The largest absolute Gasteiger partial charge is 0.462 e. The lowest BCUT2D eigenvalue weighted by molar-refractivity contribution is -0.246. The molecular formula is C21H21NO5. The van der Waals surface area contributed by atoms with E-state index in [2.05, 4.69) is 5.32 Å². The third-order valence-electron chi connectivity index (χ3n) is 4.53. The lowest BCUT2D eigenvalue weighted by Crippen LogP contribution is -2.51. The standard InChI is InChI=1S/C21H21NO5/c1-24-21-16(22-19(23)14-8-4-2-5-9-14)12-17-18(27-21)13-25-20(26-17)15-10-6-3-7-11-15/h2-12,16,18,20-21H,13H2,1H3,(H,22,23). The second-order valence-corrected chi connectivity index (χ2v) is 6.36. The summed E-state index contributed by atoms with van der Waals surface area (Å²) in [7, 11) is 1.54. The minimum absolute atomic E-state index is 0.201. The molecule has 1 saturated heterocycles. The van der Waals surface area contributed by atoms with Gasteiger partial charge in [0.2, 0.25) is 6.29 Å². The minimum Gasteiger partial charge on any atom is -0.462 e. The molecule has 0 saturated carbocycles. The van der Waals surface area contributed by atoms with E-state index in [4.69, 9.17) is 18.9 Å². The molecule has 1 amide bonds. The van der Waals surface area contributed by atoms with Crippen LogP contribution in [0.25, 0.3) is 0 Å². The zero-order valence-electron chi connectivity index (χ0n) is 14.9. The molecule has 2 aromatic rings. The Balaban J connectivity index is 1.52.